The molecular formula is C25H25N3O2. The number of aromatic amines is 1. The van der Waals surface area contributed by atoms with Crippen LogP contribution >= 0.6 is 0 Å². The molecule has 0 spiro atoms. The number of aromatic carboxylic acids is 1. The normalized spacial score (nSPS) is 11.6. The number of hydrogen-bond acceptors (Lipinski definition) is 3. The van der Waals surface area contributed by atoms with E-state index >= 15 is 0 Å². The number of anilines is 1. The smallest absolute Gasteiger partial charge is 0.335 e. The van der Waals surface area contributed by atoms with Gasteiger partial charge in [-0.3, -0.25) is 5.10 Å². The van der Waals surface area contributed by atoms with Gasteiger partial charge in [0.1, 0.15) is 0 Å². The molecular weight excluding hydrogens is 374 g/mol. The zero-order valence-electron chi connectivity index (χ0n) is 17.4. The largest absolute Gasteiger partial charge is 0.478 e. The second kappa shape index (κ2) is 7.67. The summed E-state index contributed by atoms with van der Waals surface area (Å²) in [6.45, 7) is 7.19. The van der Waals surface area contributed by atoms with Crippen molar-refractivity contribution in [3.8, 4) is 11.1 Å². The average Bonchev–Trinajstić information content (AvgIpc) is 3.15. The van der Waals surface area contributed by atoms with Crippen molar-refractivity contribution in [3.05, 3.63) is 83.4 Å². The molecule has 3 N–H and O–H groups in total. The lowest BCUT2D eigenvalue weighted by molar-refractivity contribution is 0.0697. The lowest BCUT2D eigenvalue weighted by Crippen LogP contribution is -2.10. The molecule has 152 valence electrons. The number of fused-ring (bicyclic) bond motifs is 1. The molecule has 0 radical (unpaired) electrons. The number of nitrogens with one attached hydrogen (secondary N) is 2. The van der Waals surface area contributed by atoms with Crippen molar-refractivity contribution in [1.82, 2.24) is 10.2 Å². The second-order valence-electron chi connectivity index (χ2n) is 8.48. The Morgan fingerprint density at radius 3 is 2.33 bits per heavy atom. The Morgan fingerprint density at radius 1 is 1.00 bits per heavy atom. The minimum absolute atomic E-state index is 0.114. The predicted octanol–water partition coefficient (Wildman–Crippen LogP) is 5.84. The first kappa shape index (κ1) is 19.7. The number of H-pyrrole nitrogens is 1. The van der Waals surface area contributed by atoms with Gasteiger partial charge in [-0.25, -0.2) is 4.79 Å². The van der Waals surface area contributed by atoms with Gasteiger partial charge in [-0.05, 0) is 45.9 Å². The van der Waals surface area contributed by atoms with Crippen LogP contribution in [0.25, 0.3) is 22.0 Å². The van der Waals surface area contributed by atoms with Crippen molar-refractivity contribution in [2.75, 3.05) is 5.32 Å². The molecule has 0 fully saturated rings. The molecule has 1 aromatic heterocycles. The van der Waals surface area contributed by atoms with Crippen LogP contribution in [0.15, 0.2) is 66.7 Å². The van der Waals surface area contributed by atoms with Crippen LogP contribution in [0.5, 0.6) is 0 Å². The fourth-order valence-electron chi connectivity index (χ4n) is 3.54. The molecule has 0 aliphatic heterocycles. The number of hydrogen-bond donors (Lipinski definition) is 3. The van der Waals surface area contributed by atoms with E-state index in [-0.39, 0.29) is 11.0 Å². The Kier molecular flexibility index (Phi) is 5.04. The van der Waals surface area contributed by atoms with Gasteiger partial charge >= 0.3 is 5.97 Å². The highest BCUT2D eigenvalue weighted by molar-refractivity contribution is 6.02. The van der Waals surface area contributed by atoms with E-state index in [2.05, 4.69) is 66.6 Å². The van der Waals surface area contributed by atoms with Gasteiger partial charge in [0, 0.05) is 6.54 Å². The summed E-state index contributed by atoms with van der Waals surface area (Å²) in [6.07, 6.45) is 0. The van der Waals surface area contributed by atoms with Crippen LogP contribution in [0, 0.1) is 0 Å². The van der Waals surface area contributed by atoms with Gasteiger partial charge in [0.2, 0.25) is 0 Å². The summed E-state index contributed by atoms with van der Waals surface area (Å²) in [5, 5.41) is 21.1. The van der Waals surface area contributed by atoms with Crippen molar-refractivity contribution < 1.29 is 9.90 Å². The number of benzene rings is 3. The molecule has 0 saturated heterocycles. The van der Waals surface area contributed by atoms with Crippen LogP contribution in [0.3, 0.4) is 0 Å². The van der Waals surface area contributed by atoms with Crippen LogP contribution in [0.4, 0.5) is 5.82 Å². The Morgan fingerprint density at radius 2 is 1.70 bits per heavy atom. The molecule has 1 heterocycles. The monoisotopic (exact) mass is 399 g/mol. The highest BCUT2D eigenvalue weighted by Crippen LogP contribution is 2.34. The van der Waals surface area contributed by atoms with Crippen LogP contribution in [0.1, 0.15) is 42.3 Å². The van der Waals surface area contributed by atoms with E-state index in [9.17, 15) is 4.79 Å². The first-order valence-electron chi connectivity index (χ1n) is 9.97. The van der Waals surface area contributed by atoms with E-state index in [4.69, 9.17) is 5.11 Å². The molecule has 0 saturated carbocycles. The SMILES string of the molecule is CC(C)(C)c1ccc(-c2cccc3[nH]nc(NCc4ccc(C(=O)O)cc4)c23)cc1. The van der Waals surface area contributed by atoms with Crippen molar-refractivity contribution >= 4 is 22.7 Å². The minimum atomic E-state index is -0.921. The summed E-state index contributed by atoms with van der Waals surface area (Å²) in [5.41, 5.74) is 5.91. The van der Waals surface area contributed by atoms with Crippen LogP contribution in [-0.2, 0) is 12.0 Å². The molecule has 0 atom stereocenters. The maximum Gasteiger partial charge on any atom is 0.335 e. The van der Waals surface area contributed by atoms with E-state index < -0.39 is 5.97 Å². The number of aromatic nitrogens is 2. The van der Waals surface area contributed by atoms with Gasteiger partial charge in [0.25, 0.3) is 0 Å². The first-order valence-corrected chi connectivity index (χ1v) is 9.97. The highest BCUT2D eigenvalue weighted by atomic mass is 16.4. The topological polar surface area (TPSA) is 78.0 Å². The molecule has 30 heavy (non-hydrogen) atoms. The van der Waals surface area contributed by atoms with Gasteiger partial charge in [-0.15, -0.1) is 0 Å². The predicted molar refractivity (Wildman–Crippen MR) is 121 cm³/mol. The molecule has 5 heteroatoms. The minimum Gasteiger partial charge on any atom is -0.478 e. The first-order chi connectivity index (χ1) is 14.3. The maximum atomic E-state index is 11.0. The van der Waals surface area contributed by atoms with Crippen molar-refractivity contribution in [2.24, 2.45) is 0 Å². The van der Waals surface area contributed by atoms with Crippen LogP contribution < -0.4 is 5.32 Å². The quantitative estimate of drug-likeness (QED) is 0.394. The molecule has 4 rings (SSSR count). The van der Waals surface area contributed by atoms with E-state index in [0.29, 0.717) is 6.54 Å². The molecule has 0 aliphatic carbocycles. The summed E-state index contributed by atoms with van der Waals surface area (Å²) in [6, 6.07) is 21.7. The number of nitrogens with zero attached hydrogens (tertiary/aromatic N) is 1. The third-order valence-electron chi connectivity index (χ3n) is 5.31. The van der Waals surface area contributed by atoms with E-state index in [0.717, 1.165) is 33.4 Å². The zero-order valence-corrected chi connectivity index (χ0v) is 17.4. The highest BCUT2D eigenvalue weighted by Gasteiger charge is 2.15. The Hall–Kier alpha value is -3.60. The van der Waals surface area contributed by atoms with Gasteiger partial charge in [-0.2, -0.15) is 5.10 Å². The molecule has 0 aliphatic rings. The van der Waals surface area contributed by atoms with Gasteiger partial charge in [0.05, 0.1) is 16.5 Å². The summed E-state index contributed by atoms with van der Waals surface area (Å²) < 4.78 is 0. The van der Waals surface area contributed by atoms with E-state index in [1.54, 1.807) is 12.1 Å². The molecule has 0 unspecified atom stereocenters. The lowest BCUT2D eigenvalue weighted by atomic mass is 9.86. The molecule has 0 bridgehead atoms. The van der Waals surface area contributed by atoms with E-state index in [1.165, 1.54) is 5.56 Å². The Labute approximate surface area is 175 Å². The van der Waals surface area contributed by atoms with Crippen molar-refractivity contribution in [2.45, 2.75) is 32.7 Å². The van der Waals surface area contributed by atoms with Gasteiger partial charge in [0.15, 0.2) is 5.82 Å². The third kappa shape index (κ3) is 3.92. The summed E-state index contributed by atoms with van der Waals surface area (Å²) in [7, 11) is 0. The van der Waals surface area contributed by atoms with Crippen LogP contribution in [0.2, 0.25) is 0 Å². The van der Waals surface area contributed by atoms with Crippen molar-refractivity contribution in [1.29, 1.82) is 0 Å². The standard InChI is InChI=1S/C25H25N3O2/c1-25(2,3)19-13-11-17(12-14-19)20-5-4-6-21-22(20)23(28-27-21)26-15-16-7-9-18(10-8-16)24(29)30/h4-14H,15H2,1-3H3,(H,29,30)(H2,26,27,28). The number of rotatable bonds is 5. The summed E-state index contributed by atoms with van der Waals surface area (Å²) in [4.78, 5) is 11.0. The third-order valence-corrected chi connectivity index (χ3v) is 5.31. The second-order valence-corrected chi connectivity index (χ2v) is 8.48. The summed E-state index contributed by atoms with van der Waals surface area (Å²) >= 11 is 0. The van der Waals surface area contributed by atoms with Gasteiger partial charge < -0.3 is 10.4 Å². The molecule has 3 aromatic carbocycles. The zero-order chi connectivity index (χ0) is 21.3. The molecule has 4 aromatic rings. The van der Waals surface area contributed by atoms with Crippen LogP contribution in [-0.4, -0.2) is 21.3 Å². The fraction of sp³-hybridized carbons (Fsp3) is 0.200. The Bertz CT molecular complexity index is 1180. The van der Waals surface area contributed by atoms with Gasteiger partial charge in [-0.1, -0.05) is 69.3 Å². The number of carboxylic acid groups (broad SMARTS) is 1. The fourth-order valence-corrected chi connectivity index (χ4v) is 3.54. The summed E-state index contributed by atoms with van der Waals surface area (Å²) in [5.74, 6) is -0.141. The number of carbonyl (C=O) groups is 1. The lowest BCUT2D eigenvalue weighted by Gasteiger charge is -2.19. The molecule has 5 nitrogen and oxygen atoms in total. The number of carboxylic acids is 1. The Balaban J connectivity index is 1.63. The van der Waals surface area contributed by atoms with Crippen molar-refractivity contribution in [3.63, 3.8) is 0 Å². The molecule has 0 amide bonds. The average molecular weight is 399 g/mol. The maximum absolute atomic E-state index is 11.0. The van der Waals surface area contributed by atoms with E-state index in [1.807, 2.05) is 24.3 Å².